The quantitative estimate of drug-likeness (QED) is 0.174. The number of likely N-dealkylation sites (tertiary alicyclic amines) is 1. The summed E-state index contributed by atoms with van der Waals surface area (Å²) in [4.78, 5) is 44.7. The van der Waals surface area contributed by atoms with Crippen molar-refractivity contribution < 1.29 is 29.0 Å². The number of aliphatic hydroxyl groups excluding tert-OH is 1. The van der Waals surface area contributed by atoms with E-state index in [0.717, 1.165) is 16.8 Å². The zero-order valence-corrected chi connectivity index (χ0v) is 23.7. The van der Waals surface area contributed by atoms with Gasteiger partial charge in [0, 0.05) is 30.2 Å². The number of carbonyl (C=O) groups excluding carboxylic acids is 3. The lowest BCUT2D eigenvalue weighted by atomic mass is 9.70. The molecule has 0 saturated carbocycles. The number of ether oxygens (including phenoxy) is 2. The molecular formula is C29H37BrN2O6. The van der Waals surface area contributed by atoms with Crippen molar-refractivity contribution in [3.63, 3.8) is 0 Å². The molecule has 1 spiro atoms. The number of anilines is 1. The number of hydrogen-bond acceptors (Lipinski definition) is 6. The number of alkyl halides is 1. The number of rotatable bonds is 12. The van der Waals surface area contributed by atoms with Gasteiger partial charge in [-0.3, -0.25) is 14.4 Å². The van der Waals surface area contributed by atoms with Gasteiger partial charge in [0.2, 0.25) is 5.91 Å². The van der Waals surface area contributed by atoms with Crippen LogP contribution >= 0.6 is 15.9 Å². The molecule has 3 aliphatic rings. The maximum Gasteiger partial charge on any atom is 0.312 e. The van der Waals surface area contributed by atoms with E-state index in [1.165, 1.54) is 4.90 Å². The van der Waals surface area contributed by atoms with E-state index < -0.39 is 35.6 Å². The Balaban J connectivity index is 1.74. The fourth-order valence-electron chi connectivity index (χ4n) is 6.25. The third kappa shape index (κ3) is 4.84. The van der Waals surface area contributed by atoms with Gasteiger partial charge in [-0.05, 0) is 56.7 Å². The lowest BCUT2D eigenvalue weighted by molar-refractivity contribution is -0.155. The van der Waals surface area contributed by atoms with Crippen LogP contribution in [0.2, 0.25) is 0 Å². The molecule has 1 aromatic carbocycles. The van der Waals surface area contributed by atoms with Crippen molar-refractivity contribution in [3.8, 4) is 0 Å². The minimum atomic E-state index is -1.18. The number of aliphatic hydroxyl groups is 1. The topological polar surface area (TPSA) is 96.4 Å². The zero-order valence-electron chi connectivity index (χ0n) is 22.1. The van der Waals surface area contributed by atoms with E-state index in [1.54, 1.807) is 17.1 Å². The predicted octanol–water partition coefficient (Wildman–Crippen LogP) is 3.46. The highest BCUT2D eigenvalue weighted by molar-refractivity contribution is 9.09. The van der Waals surface area contributed by atoms with Crippen LogP contribution < -0.4 is 4.90 Å². The molecular weight excluding hydrogens is 552 g/mol. The molecule has 8 nitrogen and oxygen atoms in total. The van der Waals surface area contributed by atoms with Crippen molar-refractivity contribution in [3.05, 3.63) is 54.6 Å². The highest BCUT2D eigenvalue weighted by atomic mass is 79.9. The standard InChI is InChI=1S/C29H37BrN2O6/c1-5-7-8-15-37-28(36)22-23-26(34)32(13-9-14-33)25(29(23)17-20(30)24(22)38-29)27(35)31(12-6-2)21-16-18(3)10-11-19(21)4/h5-6,10-11,16,20,22-25,33H,1-2,7-9,12-15,17H2,3-4H3/t20?,22-,23-,24-,25?,29?/m0/s1. The van der Waals surface area contributed by atoms with E-state index in [1.807, 2.05) is 32.0 Å². The molecule has 1 N–H and O–H groups in total. The van der Waals surface area contributed by atoms with Crippen LogP contribution in [0.5, 0.6) is 0 Å². The summed E-state index contributed by atoms with van der Waals surface area (Å²) in [5.41, 5.74) is 1.48. The molecule has 2 bridgehead atoms. The molecule has 6 atom stereocenters. The van der Waals surface area contributed by atoms with Crippen molar-refractivity contribution in [1.82, 2.24) is 4.90 Å². The van der Waals surface area contributed by atoms with Gasteiger partial charge in [-0.2, -0.15) is 0 Å². The number of allylic oxidation sites excluding steroid dienone is 1. The molecule has 3 heterocycles. The van der Waals surface area contributed by atoms with Gasteiger partial charge in [0.05, 0.1) is 24.5 Å². The molecule has 3 saturated heterocycles. The Morgan fingerprint density at radius 1 is 1.29 bits per heavy atom. The van der Waals surface area contributed by atoms with Gasteiger partial charge in [0.1, 0.15) is 11.6 Å². The minimum Gasteiger partial charge on any atom is -0.465 e. The van der Waals surface area contributed by atoms with Crippen LogP contribution in [0.25, 0.3) is 0 Å². The predicted molar refractivity (Wildman–Crippen MR) is 148 cm³/mol. The summed E-state index contributed by atoms with van der Waals surface area (Å²) in [6.07, 6.45) is 4.93. The Bertz CT molecular complexity index is 1110. The van der Waals surface area contributed by atoms with Gasteiger partial charge in [0.15, 0.2) is 0 Å². The molecule has 1 aromatic rings. The van der Waals surface area contributed by atoms with Crippen molar-refractivity contribution >= 4 is 39.4 Å². The lowest BCUT2D eigenvalue weighted by Crippen LogP contribution is -2.57. The summed E-state index contributed by atoms with van der Waals surface area (Å²) < 4.78 is 12.1. The Labute approximate surface area is 232 Å². The number of halogens is 1. The molecule has 38 heavy (non-hydrogen) atoms. The molecule has 3 aliphatic heterocycles. The molecule has 9 heteroatoms. The number of aryl methyl sites for hydroxylation is 2. The number of nitrogens with zero attached hydrogens (tertiary/aromatic N) is 2. The van der Waals surface area contributed by atoms with Gasteiger partial charge in [-0.25, -0.2) is 0 Å². The van der Waals surface area contributed by atoms with Gasteiger partial charge >= 0.3 is 5.97 Å². The lowest BCUT2D eigenvalue weighted by Gasteiger charge is -2.37. The summed E-state index contributed by atoms with van der Waals surface area (Å²) in [5, 5.41) is 9.57. The molecule has 3 fully saturated rings. The first-order valence-corrected chi connectivity index (χ1v) is 14.1. The van der Waals surface area contributed by atoms with Gasteiger partial charge in [-0.1, -0.05) is 40.2 Å². The maximum atomic E-state index is 14.5. The number of fused-ring (bicyclic) bond motifs is 1. The molecule has 0 radical (unpaired) electrons. The minimum absolute atomic E-state index is 0.130. The van der Waals surface area contributed by atoms with Gasteiger partial charge in [0.25, 0.3) is 5.91 Å². The van der Waals surface area contributed by atoms with Crippen molar-refractivity contribution in [2.75, 3.05) is 31.2 Å². The third-order valence-corrected chi connectivity index (χ3v) is 8.73. The van der Waals surface area contributed by atoms with Crippen LogP contribution in [-0.2, 0) is 23.9 Å². The van der Waals surface area contributed by atoms with Crippen LogP contribution in [0.4, 0.5) is 5.69 Å². The number of amides is 2. The van der Waals surface area contributed by atoms with Gasteiger partial charge < -0.3 is 24.4 Å². The normalized spacial score (nSPS) is 29.3. The molecule has 2 amide bonds. The summed E-state index contributed by atoms with van der Waals surface area (Å²) in [6, 6.07) is 4.95. The molecule has 3 unspecified atom stereocenters. The van der Waals surface area contributed by atoms with Gasteiger partial charge in [-0.15, -0.1) is 13.2 Å². The smallest absolute Gasteiger partial charge is 0.312 e. The van der Waals surface area contributed by atoms with E-state index in [4.69, 9.17) is 9.47 Å². The maximum absolute atomic E-state index is 14.5. The van der Waals surface area contributed by atoms with E-state index in [0.29, 0.717) is 25.7 Å². The molecule has 0 aromatic heterocycles. The van der Waals surface area contributed by atoms with Crippen molar-refractivity contribution in [2.45, 2.75) is 62.1 Å². The number of unbranched alkanes of at least 4 members (excludes halogenated alkanes) is 1. The monoisotopic (exact) mass is 588 g/mol. The Morgan fingerprint density at radius 3 is 2.74 bits per heavy atom. The second-order valence-electron chi connectivity index (χ2n) is 10.4. The van der Waals surface area contributed by atoms with Crippen LogP contribution in [0.15, 0.2) is 43.5 Å². The summed E-state index contributed by atoms with van der Waals surface area (Å²) in [6.45, 7) is 12.0. The van der Waals surface area contributed by atoms with E-state index in [2.05, 4.69) is 29.1 Å². The summed E-state index contributed by atoms with van der Waals surface area (Å²) in [5.74, 6) is -2.70. The van der Waals surface area contributed by atoms with Crippen LogP contribution in [0.3, 0.4) is 0 Å². The fourth-order valence-corrected chi connectivity index (χ4v) is 7.19. The second kappa shape index (κ2) is 11.7. The summed E-state index contributed by atoms with van der Waals surface area (Å²) >= 11 is 3.67. The molecule has 0 aliphatic carbocycles. The second-order valence-corrected chi connectivity index (χ2v) is 11.6. The largest absolute Gasteiger partial charge is 0.465 e. The third-order valence-electron chi connectivity index (χ3n) is 7.88. The highest BCUT2D eigenvalue weighted by Crippen LogP contribution is 2.60. The molecule has 4 rings (SSSR count). The number of carbonyl (C=O) groups is 3. The number of esters is 1. The Kier molecular flexibility index (Phi) is 8.79. The molecule has 206 valence electrons. The van der Waals surface area contributed by atoms with E-state index in [9.17, 15) is 19.5 Å². The van der Waals surface area contributed by atoms with Crippen LogP contribution in [-0.4, -0.2) is 76.7 Å². The van der Waals surface area contributed by atoms with Crippen molar-refractivity contribution in [2.24, 2.45) is 11.8 Å². The highest BCUT2D eigenvalue weighted by Gasteiger charge is 2.77. The number of hydrogen-bond donors (Lipinski definition) is 1. The SMILES string of the molecule is C=CCCCOC(=O)[C@H]1[C@H]2C(=O)N(CCCO)C(C(=O)N(CC=C)c3cc(C)ccc3C)C23CC(Br)[C@@H]1O3. The van der Waals surface area contributed by atoms with Crippen LogP contribution in [0.1, 0.15) is 36.8 Å². The first-order chi connectivity index (χ1) is 18.2. The summed E-state index contributed by atoms with van der Waals surface area (Å²) in [7, 11) is 0. The average Bonchev–Trinajstić information content (AvgIpc) is 3.48. The Hall–Kier alpha value is -2.49. The zero-order chi connectivity index (χ0) is 27.6. The first-order valence-electron chi connectivity index (χ1n) is 13.2. The Morgan fingerprint density at radius 2 is 2.05 bits per heavy atom. The van der Waals surface area contributed by atoms with E-state index in [-0.39, 0.29) is 42.9 Å². The average molecular weight is 590 g/mol. The van der Waals surface area contributed by atoms with Crippen LogP contribution in [0, 0.1) is 25.7 Å². The fraction of sp³-hybridized carbons (Fsp3) is 0.552. The van der Waals surface area contributed by atoms with Crippen molar-refractivity contribution in [1.29, 1.82) is 0 Å². The first kappa shape index (κ1) is 28.5. The van der Waals surface area contributed by atoms with E-state index >= 15 is 0 Å². The number of benzene rings is 1.